The van der Waals surface area contributed by atoms with Crippen LogP contribution >= 0.6 is 11.8 Å². The Balaban J connectivity index is 1.53. The van der Waals surface area contributed by atoms with Crippen LogP contribution in [-0.4, -0.2) is 50.3 Å². The first-order valence-electron chi connectivity index (χ1n) is 10.1. The molecular formula is C20H22F2N6OS. The fraction of sp³-hybridized carbons (Fsp3) is 0.450. The molecule has 2 aliphatic rings. The maximum atomic E-state index is 14.2. The van der Waals surface area contributed by atoms with Gasteiger partial charge in [0.15, 0.2) is 5.65 Å². The van der Waals surface area contributed by atoms with Crippen LogP contribution in [0.15, 0.2) is 24.4 Å². The van der Waals surface area contributed by atoms with Crippen LogP contribution in [-0.2, 0) is 4.74 Å². The second-order valence-electron chi connectivity index (χ2n) is 7.48. The predicted molar refractivity (Wildman–Crippen MR) is 113 cm³/mol. The summed E-state index contributed by atoms with van der Waals surface area (Å²) in [5.41, 5.74) is 0.942. The third-order valence-corrected chi connectivity index (χ3v) is 6.51. The van der Waals surface area contributed by atoms with Gasteiger partial charge in [0.25, 0.3) is 0 Å². The molecule has 4 heterocycles. The lowest BCUT2D eigenvalue weighted by molar-refractivity contribution is 0.187. The molecule has 158 valence electrons. The number of thioether (sulfide) groups is 1. The molecular weight excluding hydrogens is 410 g/mol. The van der Waals surface area contributed by atoms with Gasteiger partial charge in [-0.1, -0.05) is 6.07 Å². The third kappa shape index (κ3) is 3.81. The Hall–Kier alpha value is -2.46. The number of halogens is 2. The first-order valence-corrected chi connectivity index (χ1v) is 11.2. The van der Waals surface area contributed by atoms with Crippen molar-refractivity contribution < 1.29 is 13.5 Å². The van der Waals surface area contributed by atoms with Gasteiger partial charge in [-0.25, -0.2) is 18.7 Å². The highest BCUT2D eigenvalue weighted by molar-refractivity contribution is 7.99. The van der Waals surface area contributed by atoms with Crippen LogP contribution in [0.3, 0.4) is 0 Å². The summed E-state index contributed by atoms with van der Waals surface area (Å²) in [6, 6.07) is 4.07. The van der Waals surface area contributed by atoms with E-state index in [2.05, 4.69) is 20.6 Å². The van der Waals surface area contributed by atoms with E-state index in [0.29, 0.717) is 42.3 Å². The summed E-state index contributed by atoms with van der Waals surface area (Å²) >= 11 is 1.96. The van der Waals surface area contributed by atoms with Gasteiger partial charge in [-0.15, -0.1) is 0 Å². The van der Waals surface area contributed by atoms with E-state index >= 15 is 0 Å². The van der Waals surface area contributed by atoms with Crippen LogP contribution in [0.25, 0.3) is 11.2 Å². The molecule has 2 fully saturated rings. The van der Waals surface area contributed by atoms with Gasteiger partial charge < -0.3 is 15.4 Å². The number of rotatable bonds is 5. The van der Waals surface area contributed by atoms with E-state index in [4.69, 9.17) is 9.72 Å². The quantitative estimate of drug-likeness (QED) is 0.628. The summed E-state index contributed by atoms with van der Waals surface area (Å²) < 4.78 is 35.9. The van der Waals surface area contributed by atoms with Crippen molar-refractivity contribution in [3.63, 3.8) is 0 Å². The van der Waals surface area contributed by atoms with Crippen molar-refractivity contribution in [1.29, 1.82) is 0 Å². The number of nitrogens with one attached hydrogen (secondary N) is 2. The normalized spacial score (nSPS) is 20.0. The zero-order valence-corrected chi connectivity index (χ0v) is 17.1. The second kappa shape index (κ2) is 8.35. The molecule has 2 aromatic heterocycles. The average Bonchev–Trinajstić information content (AvgIpc) is 3.39. The highest BCUT2D eigenvalue weighted by Crippen LogP contribution is 2.32. The van der Waals surface area contributed by atoms with Crippen LogP contribution in [0.1, 0.15) is 25.3 Å². The first kappa shape index (κ1) is 19.5. The van der Waals surface area contributed by atoms with Gasteiger partial charge in [-0.2, -0.15) is 16.7 Å². The molecule has 0 unspecified atom stereocenters. The maximum Gasteiger partial charge on any atom is 0.224 e. The molecule has 1 atom stereocenters. The summed E-state index contributed by atoms with van der Waals surface area (Å²) in [6.07, 6.45) is 4.56. The minimum atomic E-state index is -0.681. The van der Waals surface area contributed by atoms with Crippen LogP contribution in [0.4, 0.5) is 26.4 Å². The number of para-hydroxylation sites is 1. The van der Waals surface area contributed by atoms with Crippen molar-refractivity contribution >= 4 is 40.5 Å². The van der Waals surface area contributed by atoms with E-state index in [-0.39, 0.29) is 11.7 Å². The van der Waals surface area contributed by atoms with Gasteiger partial charge in [0, 0.05) is 12.6 Å². The summed E-state index contributed by atoms with van der Waals surface area (Å²) in [5.74, 6) is 1.76. The zero-order chi connectivity index (χ0) is 20.5. The van der Waals surface area contributed by atoms with Crippen LogP contribution in [0.5, 0.6) is 0 Å². The molecule has 30 heavy (non-hydrogen) atoms. The monoisotopic (exact) mass is 432 g/mol. The van der Waals surface area contributed by atoms with Crippen molar-refractivity contribution in [2.45, 2.75) is 31.3 Å². The number of hydrogen-bond acceptors (Lipinski definition) is 7. The van der Waals surface area contributed by atoms with E-state index in [9.17, 15) is 8.78 Å². The van der Waals surface area contributed by atoms with Crippen molar-refractivity contribution in [2.24, 2.45) is 0 Å². The van der Waals surface area contributed by atoms with Crippen molar-refractivity contribution in [1.82, 2.24) is 19.5 Å². The summed E-state index contributed by atoms with van der Waals surface area (Å²) in [4.78, 5) is 13.7. The lowest BCUT2D eigenvalue weighted by Gasteiger charge is -2.22. The molecule has 0 aliphatic carbocycles. The number of nitrogens with zero attached hydrogens (tertiary/aromatic N) is 4. The lowest BCUT2D eigenvalue weighted by Crippen LogP contribution is -2.25. The maximum absolute atomic E-state index is 14.2. The molecule has 7 nitrogen and oxygen atoms in total. The fourth-order valence-corrected chi connectivity index (χ4v) is 4.98. The Morgan fingerprint density at radius 2 is 1.90 bits per heavy atom. The van der Waals surface area contributed by atoms with E-state index in [0.717, 1.165) is 30.8 Å². The topological polar surface area (TPSA) is 76.9 Å². The highest BCUT2D eigenvalue weighted by Gasteiger charge is 2.26. The highest BCUT2D eigenvalue weighted by atomic mass is 32.2. The number of anilines is 3. The Morgan fingerprint density at radius 3 is 2.63 bits per heavy atom. The van der Waals surface area contributed by atoms with Crippen molar-refractivity contribution in [3.05, 3.63) is 36.0 Å². The minimum absolute atomic E-state index is 0.0267. The molecule has 0 spiro atoms. The zero-order valence-electron chi connectivity index (χ0n) is 16.3. The smallest absolute Gasteiger partial charge is 0.224 e. The molecule has 2 aliphatic heterocycles. The molecule has 0 amide bonds. The van der Waals surface area contributed by atoms with E-state index in [1.165, 1.54) is 18.2 Å². The Labute approximate surface area is 176 Å². The lowest BCUT2D eigenvalue weighted by atomic mass is 10.2. The molecule has 0 saturated carbocycles. The van der Waals surface area contributed by atoms with Crippen molar-refractivity contribution in [3.8, 4) is 0 Å². The molecule has 10 heteroatoms. The van der Waals surface area contributed by atoms with Crippen LogP contribution in [0, 0.1) is 11.6 Å². The van der Waals surface area contributed by atoms with E-state index in [1.807, 2.05) is 16.3 Å². The molecule has 0 bridgehead atoms. The van der Waals surface area contributed by atoms with Crippen molar-refractivity contribution in [2.75, 3.05) is 35.4 Å². The fourth-order valence-electron chi connectivity index (χ4n) is 3.87. The molecule has 0 radical (unpaired) electrons. The average molecular weight is 433 g/mol. The summed E-state index contributed by atoms with van der Waals surface area (Å²) in [6.45, 7) is 1.11. The third-order valence-electron chi connectivity index (χ3n) is 5.46. The molecule has 2 saturated heterocycles. The molecule has 3 aromatic rings. The molecule has 2 N–H and O–H groups in total. The summed E-state index contributed by atoms with van der Waals surface area (Å²) in [7, 11) is 0. The van der Waals surface area contributed by atoms with Gasteiger partial charge in [0.05, 0.1) is 18.8 Å². The predicted octanol–water partition coefficient (Wildman–Crippen LogP) is 4.12. The SMILES string of the molecule is Fc1cccc(F)c1Nc1nc2cnc(NC3CCSCC3)nc2n1[C@H]1CCOC1. The number of hydrogen-bond donors (Lipinski definition) is 2. The minimum Gasteiger partial charge on any atom is -0.379 e. The number of ether oxygens (including phenoxy) is 1. The molecule has 1 aromatic carbocycles. The largest absolute Gasteiger partial charge is 0.379 e. The van der Waals surface area contributed by atoms with Gasteiger partial charge in [-0.05, 0) is 42.9 Å². The summed E-state index contributed by atoms with van der Waals surface area (Å²) in [5, 5.41) is 6.25. The standard InChI is InChI=1S/C20H22F2N6OS/c21-14-2-1-3-15(22)17(14)26-20-25-16-10-23-19(24-12-5-8-30-9-6-12)27-18(16)28(20)13-4-7-29-11-13/h1-3,10,12-13H,4-9,11H2,(H,25,26)(H,23,24,27)/t13-/m0/s1. The van der Waals surface area contributed by atoms with Gasteiger partial charge in [0.2, 0.25) is 11.9 Å². The number of imidazole rings is 1. The first-order chi connectivity index (χ1) is 14.7. The van der Waals surface area contributed by atoms with Gasteiger partial charge >= 0.3 is 0 Å². The number of aromatic nitrogens is 4. The van der Waals surface area contributed by atoms with Crippen LogP contribution in [0.2, 0.25) is 0 Å². The van der Waals surface area contributed by atoms with Gasteiger partial charge in [-0.3, -0.25) is 4.57 Å². The van der Waals surface area contributed by atoms with E-state index < -0.39 is 11.6 Å². The number of fused-ring (bicyclic) bond motifs is 1. The Bertz CT molecular complexity index is 1030. The second-order valence-corrected chi connectivity index (χ2v) is 8.70. The van der Waals surface area contributed by atoms with E-state index in [1.54, 1.807) is 6.20 Å². The van der Waals surface area contributed by atoms with Gasteiger partial charge in [0.1, 0.15) is 22.8 Å². The molecule has 5 rings (SSSR count). The Morgan fingerprint density at radius 1 is 1.10 bits per heavy atom. The number of benzene rings is 1. The Kier molecular flexibility index (Phi) is 5.43. The van der Waals surface area contributed by atoms with Crippen LogP contribution < -0.4 is 10.6 Å².